The van der Waals surface area contributed by atoms with Crippen molar-refractivity contribution in [3.8, 4) is 0 Å². The van der Waals surface area contributed by atoms with E-state index in [1.54, 1.807) is 6.07 Å². The lowest BCUT2D eigenvalue weighted by atomic mass is 10.0. The van der Waals surface area contributed by atoms with E-state index < -0.39 is 0 Å². The zero-order valence-electron chi connectivity index (χ0n) is 10.4. The maximum absolute atomic E-state index is 10.8. The van der Waals surface area contributed by atoms with Gasteiger partial charge in [0.05, 0.1) is 27.2 Å². The number of nitrogens with zero attached hydrogens (tertiary/aromatic N) is 2. The molecule has 0 unspecified atom stereocenters. The smallest absolute Gasteiger partial charge is 0.282 e. The topological polar surface area (TPSA) is 55.6 Å². The molecule has 1 aliphatic rings. The second-order valence-corrected chi connectivity index (χ2v) is 6.07. The number of hydrogen-bond donors (Lipinski definition) is 0. The van der Waals surface area contributed by atoms with Crippen molar-refractivity contribution in [3.05, 3.63) is 31.9 Å². The van der Waals surface area contributed by atoms with Crippen molar-refractivity contribution in [1.29, 1.82) is 0 Å². The van der Waals surface area contributed by atoms with Crippen molar-refractivity contribution in [2.24, 2.45) is 0 Å². The number of hydrogen-bond acceptors (Lipinski definition) is 4. The summed E-state index contributed by atoms with van der Waals surface area (Å²) in [6.07, 6.45) is 0. The van der Waals surface area contributed by atoms with Gasteiger partial charge in [-0.05, 0) is 48.6 Å². The maximum Gasteiger partial charge on any atom is 0.282 e. The van der Waals surface area contributed by atoms with Gasteiger partial charge in [-0.2, -0.15) is 0 Å². The lowest BCUT2D eigenvalue weighted by molar-refractivity contribution is -0.385. The van der Waals surface area contributed by atoms with Gasteiger partial charge in [0.15, 0.2) is 0 Å². The molecule has 1 aliphatic heterocycles. The Kier molecular flexibility index (Phi) is 3.76. The lowest BCUT2D eigenvalue weighted by Gasteiger charge is -2.43. The van der Waals surface area contributed by atoms with Crippen LogP contribution in [0.3, 0.4) is 0 Å². The van der Waals surface area contributed by atoms with E-state index in [-0.39, 0.29) is 16.1 Å². The molecular weight excluding hydrogens is 347 g/mol. The average molecular weight is 362 g/mol. The monoisotopic (exact) mass is 362 g/mol. The van der Waals surface area contributed by atoms with Crippen LogP contribution in [-0.2, 0) is 4.74 Å². The Balaban J connectivity index is 2.34. The summed E-state index contributed by atoms with van der Waals surface area (Å²) >= 11 is 2.01. The van der Waals surface area contributed by atoms with E-state index in [9.17, 15) is 10.1 Å². The fraction of sp³-hybridized carbons (Fsp3) is 0.500. The average Bonchev–Trinajstić information content (AvgIpc) is 2.27. The van der Waals surface area contributed by atoms with Gasteiger partial charge < -0.3 is 9.64 Å². The molecule has 1 heterocycles. The molecule has 5 nitrogen and oxygen atoms in total. The normalized spacial score (nSPS) is 18.7. The van der Waals surface area contributed by atoms with E-state index >= 15 is 0 Å². The Hall–Kier alpha value is -0.890. The third-order valence-electron chi connectivity index (χ3n) is 3.08. The minimum atomic E-state index is -0.351. The van der Waals surface area contributed by atoms with Crippen molar-refractivity contribution in [2.45, 2.75) is 19.4 Å². The predicted octanol–water partition coefficient (Wildman–Crippen LogP) is 2.81. The Morgan fingerprint density at radius 1 is 1.50 bits per heavy atom. The van der Waals surface area contributed by atoms with E-state index in [4.69, 9.17) is 4.74 Å². The van der Waals surface area contributed by atoms with Gasteiger partial charge in [0.25, 0.3) is 5.69 Å². The number of morpholine rings is 1. The fourth-order valence-electron chi connectivity index (χ4n) is 2.15. The summed E-state index contributed by atoms with van der Waals surface area (Å²) in [4.78, 5) is 12.7. The highest BCUT2D eigenvalue weighted by atomic mass is 127. The number of nitro groups is 1. The van der Waals surface area contributed by atoms with Crippen LogP contribution in [0.25, 0.3) is 0 Å². The lowest BCUT2D eigenvalue weighted by Crippen LogP contribution is -2.53. The van der Waals surface area contributed by atoms with Crippen LogP contribution in [0.15, 0.2) is 18.2 Å². The molecule has 6 heteroatoms. The van der Waals surface area contributed by atoms with Crippen molar-refractivity contribution in [3.63, 3.8) is 0 Å². The zero-order chi connectivity index (χ0) is 13.3. The number of anilines is 1. The Bertz CT molecular complexity index is 476. The number of rotatable bonds is 2. The van der Waals surface area contributed by atoms with E-state index in [1.165, 1.54) is 0 Å². The number of halogens is 1. The number of ether oxygens (including phenoxy) is 1. The third kappa shape index (κ3) is 2.59. The summed E-state index contributed by atoms with van der Waals surface area (Å²) < 4.78 is 6.14. The molecule has 0 aliphatic carbocycles. The molecular formula is C12H15IN2O3. The van der Waals surface area contributed by atoms with Crippen LogP contribution in [0.4, 0.5) is 11.4 Å². The summed E-state index contributed by atoms with van der Waals surface area (Å²) in [5, 5.41) is 10.8. The summed E-state index contributed by atoms with van der Waals surface area (Å²) in [5.74, 6) is 0. The van der Waals surface area contributed by atoms with Crippen molar-refractivity contribution in [1.82, 2.24) is 0 Å². The molecule has 2 rings (SSSR count). The van der Waals surface area contributed by atoms with Gasteiger partial charge in [-0.25, -0.2) is 0 Å². The summed E-state index contributed by atoms with van der Waals surface area (Å²) in [6, 6.07) is 5.25. The summed E-state index contributed by atoms with van der Waals surface area (Å²) in [5.41, 5.74) is 1.08. The van der Waals surface area contributed by atoms with Gasteiger partial charge in [-0.15, -0.1) is 0 Å². The molecule has 98 valence electrons. The van der Waals surface area contributed by atoms with E-state index in [0.717, 1.165) is 12.2 Å². The zero-order valence-corrected chi connectivity index (χ0v) is 12.5. The summed E-state index contributed by atoms with van der Waals surface area (Å²) in [6.45, 7) is 6.39. The molecule has 0 atom stereocenters. The standard InChI is InChI=1S/C12H15IN2O3/c1-12(2)8-18-6-5-14(12)9-3-4-11(15(16)17)10(13)7-9/h3-4,7H,5-6,8H2,1-2H3. The molecule has 0 N–H and O–H groups in total. The molecule has 1 aromatic carbocycles. The molecule has 18 heavy (non-hydrogen) atoms. The fourth-order valence-corrected chi connectivity index (χ4v) is 2.84. The molecule has 1 saturated heterocycles. The Morgan fingerprint density at radius 2 is 2.22 bits per heavy atom. The molecule has 0 amide bonds. The highest BCUT2D eigenvalue weighted by Crippen LogP contribution is 2.31. The first kappa shape index (κ1) is 13.5. The SMILES string of the molecule is CC1(C)COCCN1c1ccc([N+](=O)[O-])c(I)c1. The van der Waals surface area contributed by atoms with Gasteiger partial charge in [-0.3, -0.25) is 10.1 Å². The van der Waals surface area contributed by atoms with Gasteiger partial charge in [0.1, 0.15) is 0 Å². The van der Waals surface area contributed by atoms with Crippen LogP contribution in [0.2, 0.25) is 0 Å². The number of benzene rings is 1. The minimum Gasteiger partial charge on any atom is -0.377 e. The Labute approximate surface area is 119 Å². The van der Waals surface area contributed by atoms with Crippen molar-refractivity contribution in [2.75, 3.05) is 24.7 Å². The van der Waals surface area contributed by atoms with Crippen LogP contribution in [-0.4, -0.2) is 30.2 Å². The van der Waals surface area contributed by atoms with Gasteiger partial charge >= 0.3 is 0 Å². The van der Waals surface area contributed by atoms with Crippen molar-refractivity contribution >= 4 is 34.0 Å². The van der Waals surface area contributed by atoms with Crippen LogP contribution >= 0.6 is 22.6 Å². The molecule has 1 fully saturated rings. The first-order valence-electron chi connectivity index (χ1n) is 5.71. The largest absolute Gasteiger partial charge is 0.377 e. The first-order valence-corrected chi connectivity index (χ1v) is 6.79. The predicted molar refractivity (Wildman–Crippen MR) is 78.1 cm³/mol. The van der Waals surface area contributed by atoms with E-state index in [0.29, 0.717) is 16.8 Å². The highest BCUT2D eigenvalue weighted by molar-refractivity contribution is 14.1. The first-order chi connectivity index (χ1) is 8.42. The van der Waals surface area contributed by atoms with Crippen LogP contribution in [0, 0.1) is 13.7 Å². The Morgan fingerprint density at radius 3 is 2.78 bits per heavy atom. The molecule has 0 saturated carbocycles. The minimum absolute atomic E-state index is 0.0859. The third-order valence-corrected chi connectivity index (χ3v) is 3.95. The molecule has 0 bridgehead atoms. The van der Waals surface area contributed by atoms with Crippen molar-refractivity contribution < 1.29 is 9.66 Å². The van der Waals surface area contributed by atoms with E-state index in [2.05, 4.69) is 18.7 Å². The summed E-state index contributed by atoms with van der Waals surface area (Å²) in [7, 11) is 0. The highest BCUT2D eigenvalue weighted by Gasteiger charge is 2.31. The molecule has 0 aromatic heterocycles. The molecule has 0 spiro atoms. The van der Waals surface area contributed by atoms with Crippen LogP contribution in [0.5, 0.6) is 0 Å². The van der Waals surface area contributed by atoms with Gasteiger partial charge in [0.2, 0.25) is 0 Å². The number of nitro benzene ring substituents is 1. The molecule has 0 radical (unpaired) electrons. The maximum atomic E-state index is 10.8. The van der Waals surface area contributed by atoms with Gasteiger partial charge in [0, 0.05) is 18.3 Å². The van der Waals surface area contributed by atoms with Crippen LogP contribution in [0.1, 0.15) is 13.8 Å². The van der Waals surface area contributed by atoms with Gasteiger partial charge in [-0.1, -0.05) is 0 Å². The second-order valence-electron chi connectivity index (χ2n) is 4.91. The second kappa shape index (κ2) is 5.00. The molecule has 1 aromatic rings. The quantitative estimate of drug-likeness (QED) is 0.461. The van der Waals surface area contributed by atoms with Crippen LogP contribution < -0.4 is 4.90 Å². The van der Waals surface area contributed by atoms with E-state index in [1.807, 2.05) is 34.7 Å².